The molecule has 0 unspecified atom stereocenters. The highest BCUT2D eigenvalue weighted by Crippen LogP contribution is 2.30. The number of rotatable bonds is 8. The molecule has 0 aromatic heterocycles. The Morgan fingerprint density at radius 1 is 0.963 bits per heavy atom. The van der Waals surface area contributed by atoms with Crippen molar-refractivity contribution in [3.8, 4) is 5.75 Å². The highest BCUT2D eigenvalue weighted by Gasteiger charge is 2.24. The topological polar surface area (TPSA) is 92.8 Å². The lowest BCUT2D eigenvalue weighted by Crippen LogP contribution is -2.30. The van der Waals surface area contributed by atoms with Gasteiger partial charge in [0.05, 0.1) is 22.6 Å². The van der Waals surface area contributed by atoms with Gasteiger partial charge in [-0.25, -0.2) is 21.2 Å². The van der Waals surface area contributed by atoms with E-state index in [1.54, 1.807) is 13.8 Å². The molecule has 0 atom stereocenters. The summed E-state index contributed by atoms with van der Waals surface area (Å²) < 4.78 is 71.9. The normalized spacial score (nSPS) is 12.2. The first-order valence-corrected chi connectivity index (χ1v) is 11.0. The van der Waals surface area contributed by atoms with Crippen molar-refractivity contribution in [1.29, 1.82) is 0 Å². The Hall–Kier alpha value is -2.17. The number of sulfonamides is 2. The van der Waals surface area contributed by atoms with Gasteiger partial charge in [-0.05, 0) is 36.4 Å². The second kappa shape index (κ2) is 8.24. The largest absolute Gasteiger partial charge is 0.495 e. The minimum atomic E-state index is -3.99. The van der Waals surface area contributed by atoms with Gasteiger partial charge in [0, 0.05) is 19.2 Å². The lowest BCUT2D eigenvalue weighted by molar-refractivity contribution is 0.414. The van der Waals surface area contributed by atoms with Crippen LogP contribution in [0.1, 0.15) is 13.8 Å². The number of ether oxygens (including phenoxy) is 1. The van der Waals surface area contributed by atoms with E-state index < -0.39 is 25.9 Å². The molecule has 0 aliphatic heterocycles. The van der Waals surface area contributed by atoms with Gasteiger partial charge in [0.25, 0.3) is 10.0 Å². The first kappa shape index (κ1) is 21.1. The van der Waals surface area contributed by atoms with Gasteiger partial charge in [0.2, 0.25) is 10.0 Å². The number of hydrogen-bond acceptors (Lipinski definition) is 5. The number of nitrogens with zero attached hydrogens (tertiary/aromatic N) is 1. The van der Waals surface area contributed by atoms with Crippen molar-refractivity contribution >= 4 is 25.7 Å². The molecule has 0 amide bonds. The monoisotopic (exact) mass is 416 g/mol. The molecule has 27 heavy (non-hydrogen) atoms. The molecule has 148 valence electrons. The van der Waals surface area contributed by atoms with Crippen LogP contribution in [0, 0.1) is 5.82 Å². The number of anilines is 1. The summed E-state index contributed by atoms with van der Waals surface area (Å²) in [4.78, 5) is -0.140. The van der Waals surface area contributed by atoms with Gasteiger partial charge in [0.15, 0.2) is 0 Å². The maximum absolute atomic E-state index is 13.0. The van der Waals surface area contributed by atoms with Crippen LogP contribution in [-0.2, 0) is 20.0 Å². The fraction of sp³-hybridized carbons (Fsp3) is 0.294. The Kier molecular flexibility index (Phi) is 6.45. The van der Waals surface area contributed by atoms with E-state index in [1.165, 1.54) is 29.6 Å². The molecular formula is C17H21FN2O5S2. The average Bonchev–Trinajstić information content (AvgIpc) is 2.62. The summed E-state index contributed by atoms with van der Waals surface area (Å²) in [6.45, 7) is 4.06. The SMILES string of the molecule is CCN(CC)S(=O)(=O)c1ccc(NS(=O)(=O)c2ccc(F)cc2)c(OC)c1. The molecule has 2 aromatic carbocycles. The molecule has 0 saturated heterocycles. The average molecular weight is 416 g/mol. The number of nitrogens with one attached hydrogen (secondary N) is 1. The smallest absolute Gasteiger partial charge is 0.262 e. The van der Waals surface area contributed by atoms with Gasteiger partial charge in [0.1, 0.15) is 11.6 Å². The van der Waals surface area contributed by atoms with Gasteiger partial charge in [-0.3, -0.25) is 4.72 Å². The van der Waals surface area contributed by atoms with Crippen molar-refractivity contribution in [3.63, 3.8) is 0 Å². The number of halogens is 1. The number of methoxy groups -OCH3 is 1. The summed E-state index contributed by atoms with van der Waals surface area (Å²) in [5, 5.41) is 0. The molecule has 0 aliphatic carbocycles. The minimum absolute atomic E-state index is 0.00669. The summed E-state index contributed by atoms with van der Waals surface area (Å²) in [7, 11) is -6.41. The second-order valence-corrected chi connectivity index (χ2v) is 9.13. The van der Waals surface area contributed by atoms with Gasteiger partial charge in [-0.1, -0.05) is 13.8 Å². The van der Waals surface area contributed by atoms with Crippen LogP contribution in [-0.4, -0.2) is 41.3 Å². The molecule has 0 radical (unpaired) electrons. The van der Waals surface area contributed by atoms with Crippen molar-refractivity contribution in [2.75, 3.05) is 24.9 Å². The van der Waals surface area contributed by atoms with E-state index in [-0.39, 0.29) is 21.2 Å². The molecule has 0 aliphatic rings. The third-order valence-corrected chi connectivity index (χ3v) is 7.31. The van der Waals surface area contributed by atoms with E-state index in [0.29, 0.717) is 13.1 Å². The Balaban J connectivity index is 2.41. The Labute approximate surface area is 158 Å². The zero-order valence-electron chi connectivity index (χ0n) is 15.1. The quantitative estimate of drug-likeness (QED) is 0.714. The van der Waals surface area contributed by atoms with Crippen LogP contribution in [0.25, 0.3) is 0 Å². The summed E-state index contributed by atoms with van der Waals surface area (Å²) in [6.07, 6.45) is 0. The zero-order valence-corrected chi connectivity index (χ0v) is 16.8. The van der Waals surface area contributed by atoms with Crippen molar-refractivity contribution in [1.82, 2.24) is 4.31 Å². The molecule has 10 heteroatoms. The predicted octanol–water partition coefficient (Wildman–Crippen LogP) is 2.67. The fourth-order valence-electron chi connectivity index (χ4n) is 2.45. The molecule has 0 bridgehead atoms. The van der Waals surface area contributed by atoms with Crippen molar-refractivity contribution in [3.05, 3.63) is 48.3 Å². The van der Waals surface area contributed by atoms with Gasteiger partial charge >= 0.3 is 0 Å². The third-order valence-electron chi connectivity index (χ3n) is 3.88. The van der Waals surface area contributed by atoms with Crippen LogP contribution in [0.3, 0.4) is 0 Å². The lowest BCUT2D eigenvalue weighted by Gasteiger charge is -2.19. The Bertz CT molecular complexity index is 1000. The first-order valence-electron chi connectivity index (χ1n) is 8.12. The molecule has 0 spiro atoms. The van der Waals surface area contributed by atoms with Gasteiger partial charge in [-0.15, -0.1) is 0 Å². The van der Waals surface area contributed by atoms with E-state index >= 15 is 0 Å². The standard InChI is InChI=1S/C17H21FN2O5S2/c1-4-20(5-2)27(23,24)15-10-11-16(17(12-15)25-3)19-26(21,22)14-8-6-13(18)7-9-14/h6-12,19H,4-5H2,1-3H3. The predicted molar refractivity (Wildman–Crippen MR) is 100 cm³/mol. The maximum Gasteiger partial charge on any atom is 0.262 e. The number of benzene rings is 2. The Morgan fingerprint density at radius 3 is 2.04 bits per heavy atom. The van der Waals surface area contributed by atoms with Gasteiger partial charge < -0.3 is 4.74 Å². The van der Waals surface area contributed by atoms with Crippen molar-refractivity contribution in [2.24, 2.45) is 0 Å². The summed E-state index contributed by atoms with van der Waals surface area (Å²) in [5.74, 6) is -0.508. The fourth-order valence-corrected chi connectivity index (χ4v) is 4.99. The summed E-state index contributed by atoms with van der Waals surface area (Å²) in [5.41, 5.74) is 0.0697. The van der Waals surface area contributed by atoms with Crippen LogP contribution in [0.4, 0.5) is 10.1 Å². The molecule has 1 N–H and O–H groups in total. The van der Waals surface area contributed by atoms with Crippen LogP contribution >= 0.6 is 0 Å². The summed E-state index contributed by atoms with van der Waals surface area (Å²) >= 11 is 0. The highest BCUT2D eigenvalue weighted by molar-refractivity contribution is 7.92. The third kappa shape index (κ3) is 4.57. The molecule has 0 fully saturated rings. The Morgan fingerprint density at radius 2 is 1.52 bits per heavy atom. The lowest BCUT2D eigenvalue weighted by atomic mass is 10.3. The van der Waals surface area contributed by atoms with Crippen molar-refractivity contribution in [2.45, 2.75) is 23.6 Å². The zero-order chi connectivity index (χ0) is 20.2. The van der Waals surface area contributed by atoms with Crippen molar-refractivity contribution < 1.29 is 26.0 Å². The molecule has 0 saturated carbocycles. The number of hydrogen-bond donors (Lipinski definition) is 1. The van der Waals surface area contributed by atoms with Crippen LogP contribution in [0.2, 0.25) is 0 Å². The van der Waals surface area contributed by atoms with E-state index in [9.17, 15) is 21.2 Å². The highest BCUT2D eigenvalue weighted by atomic mass is 32.2. The molecule has 2 aromatic rings. The summed E-state index contributed by atoms with van der Waals surface area (Å²) in [6, 6.07) is 8.20. The van der Waals surface area contributed by atoms with Gasteiger partial charge in [-0.2, -0.15) is 4.31 Å². The molecule has 0 heterocycles. The first-order chi connectivity index (χ1) is 12.7. The maximum atomic E-state index is 13.0. The minimum Gasteiger partial charge on any atom is -0.495 e. The van der Waals surface area contributed by atoms with Crippen LogP contribution < -0.4 is 9.46 Å². The van der Waals surface area contributed by atoms with E-state index in [1.807, 2.05) is 0 Å². The molecule has 2 rings (SSSR count). The van der Waals surface area contributed by atoms with Crippen LogP contribution in [0.5, 0.6) is 5.75 Å². The van der Waals surface area contributed by atoms with Crippen LogP contribution in [0.15, 0.2) is 52.3 Å². The van der Waals surface area contributed by atoms with E-state index in [2.05, 4.69) is 4.72 Å². The van der Waals surface area contributed by atoms with E-state index in [4.69, 9.17) is 4.74 Å². The van der Waals surface area contributed by atoms with E-state index in [0.717, 1.165) is 24.3 Å². The second-order valence-electron chi connectivity index (χ2n) is 5.51. The molecule has 7 nitrogen and oxygen atoms in total. The molecular weight excluding hydrogens is 395 g/mol.